The van der Waals surface area contributed by atoms with Crippen molar-refractivity contribution in [2.24, 2.45) is 16.6 Å². The molecule has 1 aromatic carbocycles. The van der Waals surface area contributed by atoms with Crippen molar-refractivity contribution < 1.29 is 18.7 Å². The van der Waals surface area contributed by atoms with Gasteiger partial charge in [-0.15, -0.1) is 0 Å². The molecule has 3 aliphatic rings. The number of halogens is 1. The van der Waals surface area contributed by atoms with Gasteiger partial charge in [-0.1, -0.05) is 23.9 Å². The summed E-state index contributed by atoms with van der Waals surface area (Å²) in [5.41, 5.74) is 8.91. The summed E-state index contributed by atoms with van der Waals surface area (Å²) in [4.78, 5) is 22.0. The topological polar surface area (TPSA) is 123 Å². The van der Waals surface area contributed by atoms with Gasteiger partial charge in [-0.05, 0) is 47.4 Å². The Morgan fingerprint density at radius 1 is 1.40 bits per heavy atom. The molecule has 35 heavy (non-hydrogen) atoms. The summed E-state index contributed by atoms with van der Waals surface area (Å²) in [5, 5.41) is 12.2. The van der Waals surface area contributed by atoms with Gasteiger partial charge in [0.1, 0.15) is 16.6 Å². The lowest BCUT2D eigenvalue weighted by molar-refractivity contribution is -0.128. The van der Waals surface area contributed by atoms with Crippen molar-refractivity contribution in [3.63, 3.8) is 0 Å². The number of nitrogens with one attached hydrogen (secondary N) is 1. The fourth-order valence-electron chi connectivity index (χ4n) is 5.03. The first kappa shape index (κ1) is 23.5. The number of ether oxygens (including phenoxy) is 2. The third kappa shape index (κ3) is 3.89. The van der Waals surface area contributed by atoms with E-state index in [4.69, 9.17) is 25.5 Å². The molecular formula is C25H24FN5O3S. The summed E-state index contributed by atoms with van der Waals surface area (Å²) in [7, 11) is 3.04. The maximum absolute atomic E-state index is 14.9. The highest BCUT2D eigenvalue weighted by molar-refractivity contribution is 8.15. The number of amidine groups is 1. The van der Waals surface area contributed by atoms with Crippen LogP contribution in [0, 0.1) is 17.2 Å². The number of carbonyl (C=O) groups excluding carboxylic acids is 1. The molecule has 1 aromatic heterocycles. The maximum Gasteiger partial charge on any atom is 0.237 e. The molecule has 2 aliphatic carbocycles. The normalized spacial score (nSPS) is 26.3. The molecule has 3 atom stereocenters. The second-order valence-corrected chi connectivity index (χ2v) is 10.2. The van der Waals surface area contributed by atoms with E-state index in [-0.39, 0.29) is 24.1 Å². The highest BCUT2D eigenvalue weighted by Gasteiger charge is 2.73. The van der Waals surface area contributed by atoms with Gasteiger partial charge >= 0.3 is 0 Å². The number of rotatable bonds is 7. The molecule has 8 nitrogen and oxygen atoms in total. The van der Waals surface area contributed by atoms with Crippen molar-refractivity contribution in [2.75, 3.05) is 20.8 Å². The molecule has 0 saturated heterocycles. The number of benzene rings is 1. The van der Waals surface area contributed by atoms with Crippen molar-refractivity contribution in [3.05, 3.63) is 64.5 Å². The van der Waals surface area contributed by atoms with Crippen LogP contribution >= 0.6 is 11.8 Å². The van der Waals surface area contributed by atoms with Gasteiger partial charge in [0.15, 0.2) is 11.5 Å². The van der Waals surface area contributed by atoms with Gasteiger partial charge in [0.2, 0.25) is 5.91 Å². The van der Waals surface area contributed by atoms with Crippen LogP contribution in [0.1, 0.15) is 34.4 Å². The highest BCUT2D eigenvalue weighted by Crippen LogP contribution is 2.69. The number of thioether (sulfide) groups is 1. The predicted molar refractivity (Wildman–Crippen MR) is 131 cm³/mol. The zero-order valence-electron chi connectivity index (χ0n) is 19.2. The van der Waals surface area contributed by atoms with E-state index in [0.717, 1.165) is 11.1 Å². The van der Waals surface area contributed by atoms with Gasteiger partial charge in [0.05, 0.1) is 23.3 Å². The number of aromatic nitrogens is 1. The van der Waals surface area contributed by atoms with Crippen molar-refractivity contribution in [2.45, 2.75) is 29.4 Å². The van der Waals surface area contributed by atoms with E-state index in [2.05, 4.69) is 10.3 Å². The minimum atomic E-state index is -0.681. The number of fused-ring (bicyclic) bond motifs is 4. The highest BCUT2D eigenvalue weighted by atomic mass is 32.2. The Morgan fingerprint density at radius 3 is 2.89 bits per heavy atom. The smallest absolute Gasteiger partial charge is 0.237 e. The Bertz CT molecular complexity index is 1290. The Labute approximate surface area is 206 Å². The molecule has 3 N–H and O–H groups in total. The summed E-state index contributed by atoms with van der Waals surface area (Å²) in [5.74, 6) is -0.616. The van der Waals surface area contributed by atoms with Crippen LogP contribution in [0.25, 0.3) is 11.9 Å². The Hall–Kier alpha value is -3.26. The SMILES string of the molecule is COC(CNC(=O)[C@]12C[C@H]1[C@]1(Cc3ccc(/C=C(\F)c4ccc(C#N)cn4)cc31)N=C(N)S2)OC. The number of pyridine rings is 1. The third-order valence-corrected chi connectivity index (χ3v) is 8.21. The summed E-state index contributed by atoms with van der Waals surface area (Å²) in [6.45, 7) is 0.235. The largest absolute Gasteiger partial charge is 0.378 e. The molecular weight excluding hydrogens is 469 g/mol. The summed E-state index contributed by atoms with van der Waals surface area (Å²) in [6.07, 6.45) is 3.56. The molecule has 180 valence electrons. The molecule has 10 heteroatoms. The van der Waals surface area contributed by atoms with Gasteiger partial charge in [-0.2, -0.15) is 5.26 Å². The quantitative estimate of drug-likeness (QED) is 0.569. The second kappa shape index (κ2) is 8.75. The second-order valence-electron chi connectivity index (χ2n) is 8.86. The van der Waals surface area contributed by atoms with Crippen molar-refractivity contribution in [3.8, 4) is 6.07 Å². The Morgan fingerprint density at radius 2 is 2.20 bits per heavy atom. The summed E-state index contributed by atoms with van der Waals surface area (Å²) >= 11 is 1.31. The van der Waals surface area contributed by atoms with Crippen LogP contribution in [0.2, 0.25) is 0 Å². The van der Waals surface area contributed by atoms with Gasteiger partial charge in [0, 0.05) is 32.8 Å². The fraction of sp³-hybridized carbons (Fsp3) is 0.360. The van der Waals surface area contributed by atoms with Crippen LogP contribution in [-0.2, 0) is 26.2 Å². The number of aliphatic imine (C=N–C) groups is 1. The van der Waals surface area contributed by atoms with Gasteiger partial charge in [-0.3, -0.25) is 14.8 Å². The van der Waals surface area contributed by atoms with Crippen LogP contribution in [-0.4, -0.2) is 47.9 Å². The van der Waals surface area contributed by atoms with Gasteiger partial charge < -0.3 is 20.5 Å². The summed E-state index contributed by atoms with van der Waals surface area (Å²) in [6, 6.07) is 10.7. The molecule has 0 radical (unpaired) electrons. The van der Waals surface area contributed by atoms with Crippen LogP contribution in [0.15, 0.2) is 41.5 Å². The van der Waals surface area contributed by atoms with Gasteiger partial charge in [-0.25, -0.2) is 4.39 Å². The molecule has 5 rings (SSSR count). The average molecular weight is 494 g/mol. The molecule has 2 aromatic rings. The molecule has 2 heterocycles. The monoisotopic (exact) mass is 493 g/mol. The van der Waals surface area contributed by atoms with Crippen molar-refractivity contribution >= 4 is 34.7 Å². The predicted octanol–water partition coefficient (Wildman–Crippen LogP) is 2.73. The third-order valence-electron chi connectivity index (χ3n) is 6.91. The molecule has 1 spiro atoms. The zero-order chi connectivity index (χ0) is 24.8. The van der Waals surface area contributed by atoms with E-state index < -0.39 is 22.4 Å². The van der Waals surface area contributed by atoms with E-state index in [9.17, 15) is 9.18 Å². The van der Waals surface area contributed by atoms with Crippen molar-refractivity contribution in [1.82, 2.24) is 10.3 Å². The van der Waals surface area contributed by atoms with Crippen LogP contribution in [0.4, 0.5) is 4.39 Å². The van der Waals surface area contributed by atoms with E-state index in [1.165, 1.54) is 50.4 Å². The first-order valence-corrected chi connectivity index (χ1v) is 11.9. The van der Waals surface area contributed by atoms with Crippen LogP contribution in [0.5, 0.6) is 0 Å². The first-order chi connectivity index (χ1) is 16.8. The number of hydrogen-bond acceptors (Lipinski definition) is 8. The lowest BCUT2D eigenvalue weighted by Crippen LogP contribution is -2.50. The minimum absolute atomic E-state index is 0.00684. The first-order valence-electron chi connectivity index (χ1n) is 11.1. The number of nitrogens with zero attached hydrogens (tertiary/aromatic N) is 3. The maximum atomic E-state index is 14.9. The van der Waals surface area contributed by atoms with Gasteiger partial charge in [0.25, 0.3) is 0 Å². The molecule has 1 aliphatic heterocycles. The number of amides is 1. The van der Waals surface area contributed by atoms with Crippen LogP contribution in [0.3, 0.4) is 0 Å². The number of carbonyl (C=O) groups is 1. The van der Waals surface area contributed by atoms with E-state index in [1.807, 2.05) is 24.3 Å². The number of nitriles is 1. The van der Waals surface area contributed by atoms with E-state index >= 15 is 0 Å². The molecule has 1 saturated carbocycles. The average Bonchev–Trinajstić information content (AvgIpc) is 3.61. The van der Waals surface area contributed by atoms with E-state index in [1.54, 1.807) is 0 Å². The molecule has 0 bridgehead atoms. The number of methoxy groups -OCH3 is 2. The zero-order valence-corrected chi connectivity index (χ0v) is 20.1. The fourth-order valence-corrected chi connectivity index (χ4v) is 6.37. The standard InChI is InChI=1S/C25H24FN5O3S/c1-33-21(34-2)13-30-22(32)25-10-20(25)24(31-23(28)35-25)9-16-5-3-14(7-17(16)24)8-18(26)19-6-4-15(11-27)12-29-19/h3-8,12,20-21H,9-10,13H2,1-2H3,(H2,28,31)(H,30,32)/b18-8-/t20-,24+,25-/m0/s1. The van der Waals surface area contributed by atoms with E-state index in [0.29, 0.717) is 29.1 Å². The number of nitrogens with two attached hydrogens (primary N) is 1. The van der Waals surface area contributed by atoms with Crippen LogP contribution < -0.4 is 11.1 Å². The Balaban J connectivity index is 1.39. The lowest BCUT2D eigenvalue weighted by atomic mass is 9.66. The van der Waals surface area contributed by atoms with Crippen molar-refractivity contribution in [1.29, 1.82) is 5.26 Å². The Kier molecular flexibility index (Phi) is 5.87. The minimum Gasteiger partial charge on any atom is -0.378 e. The number of hydrogen-bond donors (Lipinski definition) is 2. The molecule has 1 amide bonds. The molecule has 0 unspecified atom stereocenters. The lowest BCUT2D eigenvalue weighted by Gasteiger charge is -2.45. The summed E-state index contributed by atoms with van der Waals surface area (Å²) < 4.78 is 24.5. The molecule has 1 fully saturated rings.